The zero-order chi connectivity index (χ0) is 13.1. The van der Waals surface area contributed by atoms with Crippen LogP contribution in [0, 0.1) is 0 Å². The molecule has 3 heteroatoms. The molecule has 3 rings (SSSR count). The second-order valence-corrected chi connectivity index (χ2v) is 5.90. The van der Waals surface area contributed by atoms with Gasteiger partial charge in [-0.05, 0) is 29.5 Å². The molecule has 1 N–H and O–H groups in total. The van der Waals surface area contributed by atoms with Gasteiger partial charge in [0, 0.05) is 29.4 Å². The zero-order valence-corrected chi connectivity index (χ0v) is 12.0. The molecule has 19 heavy (non-hydrogen) atoms. The minimum Gasteiger partial charge on any atom is -0.493 e. The predicted octanol–water partition coefficient (Wildman–Crippen LogP) is 3.58. The van der Waals surface area contributed by atoms with E-state index < -0.39 is 0 Å². The topological polar surface area (TPSA) is 21.3 Å². The summed E-state index contributed by atoms with van der Waals surface area (Å²) in [6.07, 6.45) is 1.12. The fourth-order valence-corrected chi connectivity index (χ4v) is 3.54. The number of para-hydroxylation sites is 1. The highest BCUT2D eigenvalue weighted by Gasteiger charge is 2.22. The number of aryl methyl sites for hydroxylation is 1. The van der Waals surface area contributed by atoms with Crippen molar-refractivity contribution in [2.75, 3.05) is 13.2 Å². The minimum atomic E-state index is 0.487. The van der Waals surface area contributed by atoms with Crippen LogP contribution in [0.1, 0.15) is 28.8 Å². The minimum absolute atomic E-state index is 0.487. The molecule has 100 valence electrons. The Hall–Kier alpha value is -1.32. The van der Waals surface area contributed by atoms with Crippen LogP contribution in [-0.2, 0) is 13.0 Å². The average molecular weight is 273 g/mol. The Morgan fingerprint density at radius 3 is 3.11 bits per heavy atom. The Labute approximate surface area is 118 Å². The van der Waals surface area contributed by atoms with Gasteiger partial charge in [0.15, 0.2) is 0 Å². The number of rotatable bonds is 5. The zero-order valence-electron chi connectivity index (χ0n) is 11.2. The third-order valence-electron chi connectivity index (χ3n) is 3.69. The molecule has 1 aliphatic rings. The van der Waals surface area contributed by atoms with E-state index in [4.69, 9.17) is 4.74 Å². The highest BCUT2D eigenvalue weighted by molar-refractivity contribution is 7.10. The summed E-state index contributed by atoms with van der Waals surface area (Å²) in [5.41, 5.74) is 2.82. The summed E-state index contributed by atoms with van der Waals surface area (Å²) >= 11 is 1.85. The molecule has 1 atom stereocenters. The molecule has 1 aliphatic heterocycles. The smallest absolute Gasteiger partial charge is 0.122 e. The summed E-state index contributed by atoms with van der Waals surface area (Å²) in [5.74, 6) is 1.54. The molecule has 0 saturated heterocycles. The van der Waals surface area contributed by atoms with Gasteiger partial charge in [0.1, 0.15) is 5.75 Å². The summed E-state index contributed by atoms with van der Waals surface area (Å²) in [7, 11) is 0. The van der Waals surface area contributed by atoms with Crippen molar-refractivity contribution < 1.29 is 4.74 Å². The molecule has 0 bridgehead atoms. The van der Waals surface area contributed by atoms with Gasteiger partial charge in [-0.25, -0.2) is 0 Å². The first-order valence-electron chi connectivity index (χ1n) is 6.86. The Balaban J connectivity index is 1.57. The molecule has 2 aromatic rings. The van der Waals surface area contributed by atoms with E-state index in [1.54, 1.807) is 0 Å². The highest BCUT2D eigenvalue weighted by Crippen LogP contribution is 2.32. The van der Waals surface area contributed by atoms with Crippen LogP contribution >= 0.6 is 11.3 Å². The maximum Gasteiger partial charge on any atom is 0.122 e. The molecule has 0 amide bonds. The van der Waals surface area contributed by atoms with Crippen molar-refractivity contribution in [3.8, 4) is 5.75 Å². The van der Waals surface area contributed by atoms with Crippen molar-refractivity contribution in [2.24, 2.45) is 0 Å². The number of hydrogen-bond donors (Lipinski definition) is 1. The molecule has 0 radical (unpaired) electrons. The van der Waals surface area contributed by atoms with Gasteiger partial charge < -0.3 is 10.1 Å². The maximum absolute atomic E-state index is 5.71. The molecular formula is C16H19NOS. The summed E-state index contributed by atoms with van der Waals surface area (Å²) in [5, 5.41) is 5.76. The van der Waals surface area contributed by atoms with Crippen LogP contribution in [-0.4, -0.2) is 13.2 Å². The van der Waals surface area contributed by atoms with E-state index in [0.717, 1.165) is 31.9 Å². The third-order valence-corrected chi connectivity index (χ3v) is 4.66. The summed E-state index contributed by atoms with van der Waals surface area (Å²) < 4.78 is 5.71. The van der Waals surface area contributed by atoms with Crippen molar-refractivity contribution in [1.29, 1.82) is 0 Å². The third kappa shape index (κ3) is 2.67. The van der Waals surface area contributed by atoms with Crippen molar-refractivity contribution in [2.45, 2.75) is 25.8 Å². The molecule has 1 aromatic heterocycles. The molecule has 0 fully saturated rings. The molecule has 1 aromatic carbocycles. The van der Waals surface area contributed by atoms with Gasteiger partial charge in [-0.3, -0.25) is 0 Å². The second-order valence-electron chi connectivity index (χ2n) is 4.90. The molecular weight excluding hydrogens is 254 g/mol. The Kier molecular flexibility index (Phi) is 3.85. The lowest BCUT2D eigenvalue weighted by molar-refractivity contribution is 0.326. The van der Waals surface area contributed by atoms with Crippen molar-refractivity contribution >= 4 is 11.3 Å². The predicted molar refractivity (Wildman–Crippen MR) is 80.1 cm³/mol. The number of thiophene rings is 1. The van der Waals surface area contributed by atoms with E-state index in [9.17, 15) is 0 Å². The van der Waals surface area contributed by atoms with Crippen LogP contribution in [0.2, 0.25) is 0 Å². The van der Waals surface area contributed by atoms with E-state index in [1.165, 1.54) is 16.0 Å². The van der Waals surface area contributed by atoms with Crippen LogP contribution in [0.3, 0.4) is 0 Å². The van der Waals surface area contributed by atoms with Gasteiger partial charge in [-0.1, -0.05) is 25.1 Å². The fraction of sp³-hybridized carbons (Fsp3) is 0.375. The maximum atomic E-state index is 5.71. The second kappa shape index (κ2) is 5.76. The quantitative estimate of drug-likeness (QED) is 0.899. The summed E-state index contributed by atoms with van der Waals surface area (Å²) in [6, 6.07) is 10.6. The fourth-order valence-electron chi connectivity index (χ4n) is 2.60. The van der Waals surface area contributed by atoms with Crippen LogP contribution < -0.4 is 10.1 Å². The van der Waals surface area contributed by atoms with Crippen LogP contribution in [0.4, 0.5) is 0 Å². The lowest BCUT2D eigenvalue weighted by Gasteiger charge is -2.10. The molecule has 0 aliphatic carbocycles. The summed E-state index contributed by atoms with van der Waals surface area (Å²) in [6.45, 7) is 4.97. The highest BCUT2D eigenvalue weighted by atomic mass is 32.1. The Morgan fingerprint density at radius 2 is 2.21 bits per heavy atom. The van der Waals surface area contributed by atoms with Crippen molar-refractivity contribution in [1.82, 2.24) is 5.32 Å². The average Bonchev–Trinajstić information content (AvgIpc) is 3.06. The van der Waals surface area contributed by atoms with E-state index in [1.807, 2.05) is 17.4 Å². The van der Waals surface area contributed by atoms with Crippen LogP contribution in [0.15, 0.2) is 35.7 Å². The van der Waals surface area contributed by atoms with E-state index in [2.05, 4.69) is 41.9 Å². The SMILES string of the molecule is CCc1ccsc1CNCC1COc2ccccc21. The normalized spacial score (nSPS) is 17.2. The monoisotopic (exact) mass is 273 g/mol. The van der Waals surface area contributed by atoms with Crippen LogP contribution in [0.5, 0.6) is 5.75 Å². The van der Waals surface area contributed by atoms with E-state index in [-0.39, 0.29) is 0 Å². The number of hydrogen-bond acceptors (Lipinski definition) is 3. The first-order valence-corrected chi connectivity index (χ1v) is 7.74. The Bertz CT molecular complexity index is 549. The lowest BCUT2D eigenvalue weighted by atomic mass is 10.0. The first kappa shape index (κ1) is 12.7. The number of benzene rings is 1. The lowest BCUT2D eigenvalue weighted by Crippen LogP contribution is -2.22. The van der Waals surface area contributed by atoms with Gasteiger partial charge in [-0.2, -0.15) is 0 Å². The number of ether oxygens (including phenoxy) is 1. The van der Waals surface area contributed by atoms with Gasteiger partial charge in [0.05, 0.1) is 6.61 Å². The van der Waals surface area contributed by atoms with Gasteiger partial charge in [0.2, 0.25) is 0 Å². The number of fused-ring (bicyclic) bond motifs is 1. The van der Waals surface area contributed by atoms with Gasteiger partial charge >= 0.3 is 0 Å². The largest absolute Gasteiger partial charge is 0.493 e. The van der Waals surface area contributed by atoms with Crippen molar-refractivity contribution in [3.05, 3.63) is 51.7 Å². The molecule has 0 saturated carbocycles. The van der Waals surface area contributed by atoms with E-state index >= 15 is 0 Å². The van der Waals surface area contributed by atoms with Crippen molar-refractivity contribution in [3.63, 3.8) is 0 Å². The molecule has 2 heterocycles. The molecule has 1 unspecified atom stereocenters. The molecule has 2 nitrogen and oxygen atoms in total. The standard InChI is InChI=1S/C16H19NOS/c1-2-12-7-8-19-16(12)10-17-9-13-11-18-15-6-4-3-5-14(13)15/h3-8,13,17H,2,9-11H2,1H3. The van der Waals surface area contributed by atoms with Crippen LogP contribution in [0.25, 0.3) is 0 Å². The van der Waals surface area contributed by atoms with Gasteiger partial charge in [0.25, 0.3) is 0 Å². The summed E-state index contributed by atoms with van der Waals surface area (Å²) in [4.78, 5) is 1.47. The number of nitrogens with one attached hydrogen (secondary N) is 1. The molecule has 0 spiro atoms. The van der Waals surface area contributed by atoms with Gasteiger partial charge in [-0.15, -0.1) is 11.3 Å². The first-order chi connectivity index (χ1) is 9.38. The van der Waals surface area contributed by atoms with E-state index in [0.29, 0.717) is 5.92 Å². The Morgan fingerprint density at radius 1 is 1.32 bits per heavy atom.